The molecule has 1 saturated carbocycles. The molecule has 2 fully saturated rings. The summed E-state index contributed by atoms with van der Waals surface area (Å²) < 4.78 is 8.19. The molecule has 2 unspecified atom stereocenters. The van der Waals surface area contributed by atoms with E-state index in [4.69, 9.17) is 4.74 Å². The molecule has 0 bridgehead atoms. The van der Waals surface area contributed by atoms with Crippen molar-refractivity contribution in [1.82, 2.24) is 14.9 Å². The van der Waals surface area contributed by atoms with E-state index < -0.39 is 0 Å². The number of rotatable bonds is 5. The van der Waals surface area contributed by atoms with Crippen LogP contribution in [0.15, 0.2) is 24.4 Å². The van der Waals surface area contributed by atoms with Gasteiger partial charge in [0.1, 0.15) is 5.82 Å². The number of amides is 1. The fraction of sp³-hybridized carbons (Fsp3) is 0.600. The number of pyridine rings is 1. The largest absolute Gasteiger partial charge is 0.372 e. The number of carbonyl (C=O) groups excluding carboxylic acids is 1. The normalized spacial score (nSPS) is 22.5. The quantitative estimate of drug-likeness (QED) is 0.765. The first-order valence-electron chi connectivity index (χ1n) is 11.7. The Balaban J connectivity index is 1.38. The van der Waals surface area contributed by atoms with E-state index in [1.165, 1.54) is 37.8 Å². The predicted molar refractivity (Wildman–Crippen MR) is 124 cm³/mol. The maximum absolute atomic E-state index is 12.9. The van der Waals surface area contributed by atoms with E-state index in [-0.39, 0.29) is 18.1 Å². The third kappa shape index (κ3) is 4.95. The fourth-order valence-corrected chi connectivity index (χ4v) is 5.26. The highest BCUT2D eigenvalue weighted by Crippen LogP contribution is 2.32. The molecule has 1 aliphatic heterocycles. The smallest absolute Gasteiger partial charge is 0.253 e. The highest BCUT2D eigenvalue weighted by molar-refractivity contribution is 5.95. The topological polar surface area (TPSA) is 59.4 Å². The van der Waals surface area contributed by atoms with Crippen molar-refractivity contribution in [2.24, 2.45) is 0 Å². The number of nitrogens with zero attached hydrogens (tertiary/aromatic N) is 3. The number of aromatic nitrogens is 2. The molecule has 0 aromatic carbocycles. The van der Waals surface area contributed by atoms with Crippen molar-refractivity contribution in [3.63, 3.8) is 0 Å². The monoisotopic (exact) mass is 424 g/mol. The van der Waals surface area contributed by atoms with Crippen molar-refractivity contribution < 1.29 is 9.53 Å². The van der Waals surface area contributed by atoms with Gasteiger partial charge in [0.25, 0.3) is 5.91 Å². The Kier molecular flexibility index (Phi) is 6.65. The first-order valence-corrected chi connectivity index (χ1v) is 11.7. The molecule has 1 saturated heterocycles. The molecule has 6 nitrogen and oxygen atoms in total. The standard InChI is InChI=1S/C25H36N4O2/c1-17-12-23(20(4)29(17)22-8-6-5-7-9-22)25(30)27-14-21-10-11-24(26-13-21)28-15-18(2)31-19(3)16-28/h10-13,18-19,22H,5-9,14-16H2,1-4H3,(H,27,30). The van der Waals surface area contributed by atoms with E-state index in [0.717, 1.165) is 35.7 Å². The Morgan fingerprint density at radius 2 is 1.84 bits per heavy atom. The molecular weight excluding hydrogens is 388 g/mol. The summed E-state index contributed by atoms with van der Waals surface area (Å²) >= 11 is 0. The number of morpholine rings is 1. The number of ether oxygens (including phenoxy) is 1. The van der Waals surface area contributed by atoms with Gasteiger partial charge >= 0.3 is 0 Å². The lowest BCUT2D eigenvalue weighted by atomic mass is 9.95. The second-order valence-electron chi connectivity index (χ2n) is 9.32. The number of aryl methyl sites for hydroxylation is 1. The van der Waals surface area contributed by atoms with Crippen LogP contribution in [0.25, 0.3) is 0 Å². The molecule has 1 N–H and O–H groups in total. The molecule has 0 spiro atoms. The summed E-state index contributed by atoms with van der Waals surface area (Å²) in [5, 5.41) is 3.09. The summed E-state index contributed by atoms with van der Waals surface area (Å²) in [4.78, 5) is 19.8. The van der Waals surface area contributed by atoms with Crippen LogP contribution in [0.2, 0.25) is 0 Å². The number of carbonyl (C=O) groups is 1. The second-order valence-corrected chi connectivity index (χ2v) is 9.32. The van der Waals surface area contributed by atoms with Crippen LogP contribution in [0.1, 0.15) is 79.3 Å². The summed E-state index contributed by atoms with van der Waals surface area (Å²) in [5.41, 5.74) is 4.08. The van der Waals surface area contributed by atoms with Crippen molar-refractivity contribution in [3.05, 3.63) is 46.9 Å². The summed E-state index contributed by atoms with van der Waals surface area (Å²) in [6.07, 6.45) is 8.62. The van der Waals surface area contributed by atoms with Crippen molar-refractivity contribution in [2.45, 2.75) is 84.6 Å². The molecule has 2 aromatic rings. The van der Waals surface area contributed by atoms with E-state index in [1.807, 2.05) is 18.3 Å². The predicted octanol–water partition coefficient (Wildman–Crippen LogP) is 4.55. The molecule has 2 atom stereocenters. The Labute approximate surface area is 186 Å². The minimum Gasteiger partial charge on any atom is -0.372 e. The average molecular weight is 425 g/mol. The Morgan fingerprint density at radius 1 is 1.13 bits per heavy atom. The summed E-state index contributed by atoms with van der Waals surface area (Å²) in [6.45, 7) is 10.6. The maximum atomic E-state index is 12.9. The Hall–Kier alpha value is -2.34. The van der Waals surface area contributed by atoms with Gasteiger partial charge in [-0.3, -0.25) is 4.79 Å². The molecule has 2 aliphatic rings. The van der Waals surface area contributed by atoms with Gasteiger partial charge in [-0.25, -0.2) is 4.98 Å². The number of anilines is 1. The summed E-state index contributed by atoms with van der Waals surface area (Å²) in [6, 6.07) is 6.68. The van der Waals surface area contributed by atoms with Gasteiger partial charge in [0.2, 0.25) is 0 Å². The molecule has 1 amide bonds. The second kappa shape index (κ2) is 9.43. The Morgan fingerprint density at radius 3 is 2.48 bits per heavy atom. The lowest BCUT2D eigenvalue weighted by molar-refractivity contribution is -0.00546. The van der Waals surface area contributed by atoms with Gasteiger partial charge in [-0.1, -0.05) is 25.3 Å². The van der Waals surface area contributed by atoms with Crippen LogP contribution in [0, 0.1) is 13.8 Å². The van der Waals surface area contributed by atoms with Gasteiger partial charge in [-0.05, 0) is 58.2 Å². The van der Waals surface area contributed by atoms with Crippen LogP contribution in [0.3, 0.4) is 0 Å². The first-order chi connectivity index (χ1) is 14.9. The number of nitrogens with one attached hydrogen (secondary N) is 1. The minimum absolute atomic E-state index is 0.00457. The van der Waals surface area contributed by atoms with E-state index in [9.17, 15) is 4.79 Å². The van der Waals surface area contributed by atoms with E-state index in [2.05, 4.69) is 53.5 Å². The highest BCUT2D eigenvalue weighted by atomic mass is 16.5. The fourth-order valence-electron chi connectivity index (χ4n) is 5.26. The van der Waals surface area contributed by atoms with Gasteiger partial charge < -0.3 is 19.5 Å². The van der Waals surface area contributed by atoms with Gasteiger partial charge in [-0.2, -0.15) is 0 Å². The third-order valence-corrected chi connectivity index (χ3v) is 6.67. The summed E-state index contributed by atoms with van der Waals surface area (Å²) in [7, 11) is 0. The highest BCUT2D eigenvalue weighted by Gasteiger charge is 2.24. The van der Waals surface area contributed by atoms with Gasteiger partial charge in [-0.15, -0.1) is 0 Å². The zero-order chi connectivity index (χ0) is 22.0. The molecule has 4 rings (SSSR count). The van der Waals surface area contributed by atoms with Crippen molar-refractivity contribution >= 4 is 11.7 Å². The number of hydrogen-bond donors (Lipinski definition) is 1. The first kappa shape index (κ1) is 21.9. The minimum atomic E-state index is -0.00457. The van der Waals surface area contributed by atoms with Crippen LogP contribution in [-0.2, 0) is 11.3 Å². The molecule has 2 aromatic heterocycles. The molecule has 0 radical (unpaired) electrons. The zero-order valence-corrected chi connectivity index (χ0v) is 19.4. The van der Waals surface area contributed by atoms with Crippen LogP contribution in [0.5, 0.6) is 0 Å². The summed E-state index contributed by atoms with van der Waals surface area (Å²) in [5.74, 6) is 0.961. The molecule has 31 heavy (non-hydrogen) atoms. The zero-order valence-electron chi connectivity index (χ0n) is 19.4. The molecule has 6 heteroatoms. The van der Waals surface area contributed by atoms with Gasteiger partial charge in [0.05, 0.1) is 17.8 Å². The van der Waals surface area contributed by atoms with Gasteiger partial charge in [0.15, 0.2) is 0 Å². The van der Waals surface area contributed by atoms with E-state index in [1.54, 1.807) is 0 Å². The molecule has 3 heterocycles. The maximum Gasteiger partial charge on any atom is 0.253 e. The third-order valence-electron chi connectivity index (χ3n) is 6.67. The van der Waals surface area contributed by atoms with Crippen LogP contribution < -0.4 is 10.2 Å². The van der Waals surface area contributed by atoms with Crippen LogP contribution in [0.4, 0.5) is 5.82 Å². The lowest BCUT2D eigenvalue weighted by Crippen LogP contribution is -2.45. The van der Waals surface area contributed by atoms with E-state index in [0.29, 0.717) is 12.6 Å². The Bertz CT molecular complexity index is 889. The number of hydrogen-bond acceptors (Lipinski definition) is 4. The molecular formula is C25H36N4O2. The molecule has 168 valence electrons. The van der Waals surface area contributed by atoms with Crippen LogP contribution >= 0.6 is 0 Å². The van der Waals surface area contributed by atoms with Crippen molar-refractivity contribution in [2.75, 3.05) is 18.0 Å². The van der Waals surface area contributed by atoms with Crippen molar-refractivity contribution in [3.8, 4) is 0 Å². The molecule has 1 aliphatic carbocycles. The van der Waals surface area contributed by atoms with E-state index >= 15 is 0 Å². The van der Waals surface area contributed by atoms with Crippen molar-refractivity contribution in [1.29, 1.82) is 0 Å². The average Bonchev–Trinajstić information content (AvgIpc) is 3.06. The van der Waals surface area contributed by atoms with Crippen LogP contribution in [-0.4, -0.2) is 40.8 Å². The SMILES string of the molecule is Cc1cc(C(=O)NCc2ccc(N3CC(C)OC(C)C3)nc2)c(C)n1C1CCCCC1. The lowest BCUT2D eigenvalue weighted by Gasteiger charge is -2.36. The van der Waals surface area contributed by atoms with Gasteiger partial charge in [0, 0.05) is 43.3 Å².